The van der Waals surface area contributed by atoms with E-state index in [-0.39, 0.29) is 40.0 Å². The van der Waals surface area contributed by atoms with Gasteiger partial charge in [-0.15, -0.1) is 0 Å². The third kappa shape index (κ3) is 15.7. The van der Waals surface area contributed by atoms with E-state index in [0.29, 0.717) is 0 Å². The number of hydrogen-bond acceptors (Lipinski definition) is 0. The van der Waals surface area contributed by atoms with Crippen LogP contribution in [0.15, 0.2) is 0 Å². The Kier molecular flexibility index (Phi) is 13.3. The van der Waals surface area contributed by atoms with Crippen LogP contribution in [0.3, 0.4) is 0 Å². The molecule has 0 bridgehead atoms. The van der Waals surface area contributed by atoms with Gasteiger partial charge in [0.05, 0.1) is 0 Å². The second-order valence-electron chi connectivity index (χ2n) is 2.81. The molecule has 8 heavy (non-hydrogen) atoms. The van der Waals surface area contributed by atoms with Gasteiger partial charge in [0.2, 0.25) is 0 Å². The zero-order valence-corrected chi connectivity index (χ0v) is 10.00. The molecule has 0 aromatic heterocycles. The van der Waals surface area contributed by atoms with Crippen LogP contribution < -0.4 is 17.0 Å². The van der Waals surface area contributed by atoms with Gasteiger partial charge < -0.3 is 23.9 Å². The van der Waals surface area contributed by atoms with E-state index in [2.05, 4.69) is 26.6 Å². The Morgan fingerprint density at radius 1 is 1.25 bits per heavy atom. The van der Waals surface area contributed by atoms with Crippen LogP contribution in [-0.2, 0) is 0 Å². The molecule has 3 heteroatoms. The molecule has 0 rings (SSSR count). The van der Waals surface area contributed by atoms with Gasteiger partial charge in [-0.25, -0.2) is 0 Å². The fourth-order valence-electron chi connectivity index (χ4n) is 0. The van der Waals surface area contributed by atoms with E-state index in [1.54, 1.807) is 0 Å². The fraction of sp³-hybridized carbons (Fsp3) is 0.800. The Morgan fingerprint density at radius 2 is 1.38 bits per heavy atom. The normalized spacial score (nSPS) is 9.00. The van der Waals surface area contributed by atoms with Gasteiger partial charge in [-0.1, -0.05) is 19.6 Å². The molecule has 0 aliphatic rings. The summed E-state index contributed by atoms with van der Waals surface area (Å²) in [5.74, 6) is 0. The molecule has 0 radical (unpaired) electrons. The maximum Gasteiger partial charge on any atom is 2.00 e. The zero-order valence-electron chi connectivity index (χ0n) is 6.00. The summed E-state index contributed by atoms with van der Waals surface area (Å²) >= 11 is 0. The molecule has 0 amide bonds. The first-order chi connectivity index (χ1) is 2.56. The summed E-state index contributed by atoms with van der Waals surface area (Å²) in [6.07, 6.45) is 0. The van der Waals surface area contributed by atoms with Crippen LogP contribution in [0, 0.1) is 6.92 Å². The minimum absolute atomic E-state index is 0. The monoisotopic (exact) mass is 204 g/mol. The summed E-state index contributed by atoms with van der Waals surface area (Å²) in [6, 6.07) is 1.16. The Morgan fingerprint density at radius 3 is 1.38 bits per heavy atom. The topological polar surface area (TPSA) is 0 Å². The summed E-state index contributed by atoms with van der Waals surface area (Å²) < 4.78 is 0. The molecule has 0 aromatic carbocycles. The van der Waals surface area contributed by atoms with E-state index >= 15 is 0 Å². The van der Waals surface area contributed by atoms with Crippen molar-refractivity contribution in [2.45, 2.75) is 25.7 Å². The predicted molar refractivity (Wildman–Crippen MR) is 39.3 cm³/mol. The quantitative estimate of drug-likeness (QED) is 0.372. The maximum absolute atomic E-state index is 3.82. The van der Waals surface area contributed by atoms with Gasteiger partial charge in [0.1, 0.15) is 0 Å². The third-order valence-electron chi connectivity index (χ3n) is 0.750. The number of halogens is 1. The Balaban J connectivity index is -0.000000125. The molecule has 46 valence electrons. The van der Waals surface area contributed by atoms with Crippen molar-refractivity contribution in [3.05, 3.63) is 6.92 Å². The summed E-state index contributed by atoms with van der Waals surface area (Å²) in [5.41, 5.74) is 0. The Hall–Kier alpha value is 1.46. The predicted octanol–water partition coefficient (Wildman–Crippen LogP) is -1.22. The van der Waals surface area contributed by atoms with Gasteiger partial charge in [0.25, 0.3) is 0 Å². The molecule has 0 saturated heterocycles. The largest absolute Gasteiger partial charge is 2.00 e. The fourth-order valence-corrected chi connectivity index (χ4v) is 0. The first-order valence-electron chi connectivity index (χ1n) is 2.35. The molecule has 0 aliphatic carbocycles. The SMILES string of the molecule is [Br-].[CH2-]C[Si](C)(C)C.[Mg+2]. The minimum Gasteiger partial charge on any atom is -1.00 e. The molecule has 0 N–H and O–H groups in total. The second-order valence-corrected chi connectivity index (χ2v) is 8.43. The van der Waals surface area contributed by atoms with Crippen molar-refractivity contribution in [2.75, 3.05) is 0 Å². The molecule has 0 fully saturated rings. The molecule has 0 heterocycles. The number of hydrogen-bond donors (Lipinski definition) is 0. The molecule has 0 spiro atoms. The van der Waals surface area contributed by atoms with Crippen molar-refractivity contribution in [2.24, 2.45) is 0 Å². The van der Waals surface area contributed by atoms with Crippen LogP contribution in [0.25, 0.3) is 0 Å². The van der Waals surface area contributed by atoms with Gasteiger partial charge >= 0.3 is 23.1 Å². The average molecular weight is 205 g/mol. The van der Waals surface area contributed by atoms with Gasteiger partial charge in [-0.05, 0) is 0 Å². The standard InChI is InChI=1S/C5H13Si.BrH.Mg/c1-5-6(2,3)4;;/h1,5H2,2-4H3;1H;/q-1;;+2/p-1. The first-order valence-corrected chi connectivity index (χ1v) is 6.06. The molecule has 0 aromatic rings. The van der Waals surface area contributed by atoms with Gasteiger partial charge in [-0.2, -0.15) is 6.04 Å². The van der Waals surface area contributed by atoms with Crippen LogP contribution >= 0.6 is 0 Å². The van der Waals surface area contributed by atoms with E-state index in [9.17, 15) is 0 Å². The summed E-state index contributed by atoms with van der Waals surface area (Å²) in [4.78, 5) is 0. The molecular weight excluding hydrogens is 192 g/mol. The summed E-state index contributed by atoms with van der Waals surface area (Å²) in [7, 11) is -0.742. The average Bonchev–Trinajstić information content (AvgIpc) is 1.35. The van der Waals surface area contributed by atoms with E-state index in [0.717, 1.165) is 6.04 Å². The molecule has 0 nitrogen and oxygen atoms in total. The first kappa shape index (κ1) is 16.2. The van der Waals surface area contributed by atoms with Crippen LogP contribution in [-0.4, -0.2) is 31.1 Å². The van der Waals surface area contributed by atoms with Crippen molar-refractivity contribution in [1.82, 2.24) is 0 Å². The van der Waals surface area contributed by atoms with Crippen molar-refractivity contribution in [3.8, 4) is 0 Å². The van der Waals surface area contributed by atoms with Crippen molar-refractivity contribution in [3.63, 3.8) is 0 Å². The second kappa shape index (κ2) is 6.58. The summed E-state index contributed by atoms with van der Waals surface area (Å²) in [5, 5.41) is 0. The number of rotatable bonds is 1. The van der Waals surface area contributed by atoms with Gasteiger partial charge in [0, 0.05) is 8.07 Å². The minimum atomic E-state index is -0.742. The van der Waals surface area contributed by atoms with Crippen molar-refractivity contribution >= 4 is 31.1 Å². The zero-order chi connectivity index (χ0) is 5.21. The van der Waals surface area contributed by atoms with Crippen LogP contribution in [0.2, 0.25) is 25.7 Å². The maximum atomic E-state index is 3.82. The van der Waals surface area contributed by atoms with Crippen molar-refractivity contribution in [1.29, 1.82) is 0 Å². The smallest absolute Gasteiger partial charge is 1.00 e. The Bertz CT molecular complexity index is 42.2. The van der Waals surface area contributed by atoms with Gasteiger partial charge in [0.15, 0.2) is 0 Å². The van der Waals surface area contributed by atoms with Crippen molar-refractivity contribution < 1.29 is 17.0 Å². The van der Waals surface area contributed by atoms with Crippen LogP contribution in [0.5, 0.6) is 0 Å². The Labute approximate surface area is 80.4 Å². The summed E-state index contributed by atoms with van der Waals surface area (Å²) in [6.45, 7) is 10.8. The third-order valence-corrected chi connectivity index (χ3v) is 2.25. The van der Waals surface area contributed by atoms with E-state index in [4.69, 9.17) is 0 Å². The molecule has 0 aliphatic heterocycles. The van der Waals surface area contributed by atoms with E-state index in [1.165, 1.54) is 0 Å². The molecule has 0 atom stereocenters. The van der Waals surface area contributed by atoms with Crippen LogP contribution in [0.4, 0.5) is 0 Å². The molecular formula is C5H13BrMgSi. The van der Waals surface area contributed by atoms with Gasteiger partial charge in [-0.3, -0.25) is 0 Å². The van der Waals surface area contributed by atoms with Crippen LogP contribution in [0.1, 0.15) is 0 Å². The van der Waals surface area contributed by atoms with E-state index in [1.807, 2.05) is 0 Å². The molecule has 0 saturated carbocycles. The molecule has 0 unspecified atom stereocenters. The van der Waals surface area contributed by atoms with E-state index < -0.39 is 8.07 Å².